The molecule has 4 rings (SSSR count). The van der Waals surface area contributed by atoms with Crippen molar-refractivity contribution in [1.29, 1.82) is 0 Å². The largest absolute Gasteiger partial charge is 0.449 e. The fourth-order valence-corrected chi connectivity index (χ4v) is 4.12. The van der Waals surface area contributed by atoms with Gasteiger partial charge in [-0.05, 0) is 57.6 Å². The lowest BCUT2D eigenvalue weighted by Crippen LogP contribution is -2.31. The normalized spacial score (nSPS) is 16.7. The third-order valence-corrected chi connectivity index (χ3v) is 5.77. The Balaban J connectivity index is 1.60. The van der Waals surface area contributed by atoms with Gasteiger partial charge in [0, 0.05) is 23.2 Å². The number of anilines is 1. The molecule has 3 aromatic rings. The molecule has 1 aliphatic rings. The van der Waals surface area contributed by atoms with Gasteiger partial charge in [-0.1, -0.05) is 25.1 Å². The standard InChI is InChI=1S/C24H28N4O3/c1-14(2)28-21(11-12-25-28)27-23(29)16(4)31-24(30)22-17-7-5-6-8-19(17)26-20-10-9-15(3)13-18(20)22/h5-8,11-12,14-16H,9-10,13H2,1-4H3,(H,27,29)/t15-,16-/m1/s1. The van der Waals surface area contributed by atoms with Crippen LogP contribution in [0.1, 0.15) is 61.8 Å². The number of esters is 1. The number of rotatable bonds is 5. The molecule has 0 fully saturated rings. The first kappa shape index (κ1) is 21.0. The van der Waals surface area contributed by atoms with Crippen molar-refractivity contribution in [3.05, 3.63) is 53.3 Å². The van der Waals surface area contributed by atoms with Gasteiger partial charge in [0.1, 0.15) is 5.82 Å². The average molecular weight is 421 g/mol. The number of amides is 1. The van der Waals surface area contributed by atoms with Crippen LogP contribution in [0.15, 0.2) is 36.5 Å². The zero-order valence-electron chi connectivity index (χ0n) is 18.4. The van der Waals surface area contributed by atoms with Gasteiger partial charge < -0.3 is 10.1 Å². The van der Waals surface area contributed by atoms with E-state index in [2.05, 4.69) is 17.3 Å². The maximum Gasteiger partial charge on any atom is 0.339 e. The second-order valence-corrected chi connectivity index (χ2v) is 8.57. The van der Waals surface area contributed by atoms with Crippen molar-refractivity contribution in [2.45, 2.75) is 59.1 Å². The Labute approximate surface area is 181 Å². The van der Waals surface area contributed by atoms with E-state index >= 15 is 0 Å². The summed E-state index contributed by atoms with van der Waals surface area (Å²) in [5, 5.41) is 7.79. The van der Waals surface area contributed by atoms with Crippen molar-refractivity contribution in [3.8, 4) is 0 Å². The minimum absolute atomic E-state index is 0.0971. The zero-order chi connectivity index (χ0) is 22.1. The van der Waals surface area contributed by atoms with Gasteiger partial charge in [-0.2, -0.15) is 5.10 Å². The first-order chi connectivity index (χ1) is 14.8. The molecule has 2 atom stereocenters. The number of benzene rings is 1. The number of ether oxygens (including phenoxy) is 1. The summed E-state index contributed by atoms with van der Waals surface area (Å²) in [6.07, 6.45) is 3.35. The molecule has 0 unspecified atom stereocenters. The molecule has 0 radical (unpaired) electrons. The number of fused-ring (bicyclic) bond motifs is 2. The van der Waals surface area contributed by atoms with Gasteiger partial charge in [-0.25, -0.2) is 9.48 Å². The number of aryl methyl sites for hydroxylation is 1. The summed E-state index contributed by atoms with van der Waals surface area (Å²) >= 11 is 0. The van der Waals surface area contributed by atoms with E-state index in [1.165, 1.54) is 0 Å². The van der Waals surface area contributed by atoms with Crippen molar-refractivity contribution in [3.63, 3.8) is 0 Å². The highest BCUT2D eigenvalue weighted by atomic mass is 16.5. The predicted molar refractivity (Wildman–Crippen MR) is 119 cm³/mol. The van der Waals surface area contributed by atoms with Gasteiger partial charge in [-0.15, -0.1) is 0 Å². The molecule has 162 valence electrons. The van der Waals surface area contributed by atoms with E-state index in [-0.39, 0.29) is 6.04 Å². The van der Waals surface area contributed by atoms with Crippen LogP contribution in [0.2, 0.25) is 0 Å². The molecule has 0 aliphatic heterocycles. The molecule has 0 spiro atoms. The first-order valence-corrected chi connectivity index (χ1v) is 10.8. The fraction of sp³-hybridized carbons (Fsp3) is 0.417. The predicted octanol–water partition coefficient (Wildman–Crippen LogP) is 4.32. The van der Waals surface area contributed by atoms with Crippen LogP contribution in [0.5, 0.6) is 0 Å². The van der Waals surface area contributed by atoms with Crippen LogP contribution >= 0.6 is 0 Å². The molecular weight excluding hydrogens is 392 g/mol. The SMILES string of the molecule is CC(C)n1nccc1NC(=O)[C@@H](C)OC(=O)c1c2c(nc3ccccc13)CC[C@@H](C)C2. The van der Waals surface area contributed by atoms with Gasteiger partial charge in [0.05, 0.1) is 17.3 Å². The smallest absolute Gasteiger partial charge is 0.339 e. The molecule has 0 saturated carbocycles. The van der Waals surface area contributed by atoms with Crippen molar-refractivity contribution in [1.82, 2.24) is 14.8 Å². The minimum atomic E-state index is -0.952. The van der Waals surface area contributed by atoms with Crippen molar-refractivity contribution in [2.75, 3.05) is 5.32 Å². The van der Waals surface area contributed by atoms with Crippen LogP contribution in [0, 0.1) is 5.92 Å². The lowest BCUT2D eigenvalue weighted by Gasteiger charge is -2.24. The number of hydrogen-bond donors (Lipinski definition) is 1. The molecular formula is C24H28N4O3. The van der Waals surface area contributed by atoms with E-state index in [0.29, 0.717) is 17.3 Å². The maximum atomic E-state index is 13.3. The molecule has 1 amide bonds. The summed E-state index contributed by atoms with van der Waals surface area (Å²) < 4.78 is 7.36. The maximum absolute atomic E-state index is 13.3. The third-order valence-electron chi connectivity index (χ3n) is 5.77. The molecule has 31 heavy (non-hydrogen) atoms. The van der Waals surface area contributed by atoms with E-state index in [9.17, 15) is 9.59 Å². The minimum Gasteiger partial charge on any atom is -0.449 e. The summed E-state index contributed by atoms with van der Waals surface area (Å²) in [7, 11) is 0. The molecule has 1 aromatic carbocycles. The van der Waals surface area contributed by atoms with Crippen LogP contribution in [-0.4, -0.2) is 32.7 Å². The van der Waals surface area contributed by atoms with Crippen LogP contribution < -0.4 is 5.32 Å². The summed E-state index contributed by atoms with van der Waals surface area (Å²) in [4.78, 5) is 30.8. The topological polar surface area (TPSA) is 86.1 Å². The summed E-state index contributed by atoms with van der Waals surface area (Å²) in [6.45, 7) is 7.72. The van der Waals surface area contributed by atoms with E-state index in [0.717, 1.165) is 41.4 Å². The second-order valence-electron chi connectivity index (χ2n) is 8.57. The lowest BCUT2D eigenvalue weighted by atomic mass is 9.84. The summed E-state index contributed by atoms with van der Waals surface area (Å²) in [6, 6.07) is 9.43. The highest BCUT2D eigenvalue weighted by molar-refractivity contribution is 6.06. The Morgan fingerprint density at radius 2 is 1.97 bits per heavy atom. The molecule has 7 heteroatoms. The molecule has 2 heterocycles. The van der Waals surface area contributed by atoms with Gasteiger partial charge >= 0.3 is 5.97 Å². The number of carbonyl (C=O) groups excluding carboxylic acids is 2. The number of para-hydroxylation sites is 1. The quantitative estimate of drug-likeness (QED) is 0.621. The van der Waals surface area contributed by atoms with E-state index in [4.69, 9.17) is 9.72 Å². The summed E-state index contributed by atoms with van der Waals surface area (Å²) in [5.74, 6) is 0.169. The van der Waals surface area contributed by atoms with Gasteiger partial charge in [0.25, 0.3) is 5.91 Å². The van der Waals surface area contributed by atoms with Gasteiger partial charge in [0.2, 0.25) is 0 Å². The van der Waals surface area contributed by atoms with Crippen LogP contribution in [0.3, 0.4) is 0 Å². The molecule has 2 aromatic heterocycles. The fourth-order valence-electron chi connectivity index (χ4n) is 4.12. The number of aromatic nitrogens is 3. The van der Waals surface area contributed by atoms with Crippen molar-refractivity contribution >= 4 is 28.6 Å². The van der Waals surface area contributed by atoms with Gasteiger partial charge in [0.15, 0.2) is 6.10 Å². The molecule has 1 N–H and O–H groups in total. The zero-order valence-corrected chi connectivity index (χ0v) is 18.4. The molecule has 0 bridgehead atoms. The first-order valence-electron chi connectivity index (χ1n) is 10.8. The number of nitrogens with zero attached hydrogens (tertiary/aromatic N) is 3. The van der Waals surface area contributed by atoms with E-state index in [1.807, 2.05) is 38.1 Å². The Hall–Kier alpha value is -3.22. The van der Waals surface area contributed by atoms with Crippen molar-refractivity contribution < 1.29 is 14.3 Å². The Morgan fingerprint density at radius 1 is 1.19 bits per heavy atom. The lowest BCUT2D eigenvalue weighted by molar-refractivity contribution is -0.123. The monoisotopic (exact) mass is 420 g/mol. The third kappa shape index (κ3) is 4.17. The van der Waals surface area contributed by atoms with E-state index in [1.54, 1.807) is 23.9 Å². The Bertz CT molecular complexity index is 1140. The van der Waals surface area contributed by atoms with Crippen molar-refractivity contribution in [2.24, 2.45) is 5.92 Å². The molecule has 7 nitrogen and oxygen atoms in total. The number of carbonyl (C=O) groups is 2. The second kappa shape index (κ2) is 8.49. The number of nitrogens with one attached hydrogen (secondary N) is 1. The van der Waals surface area contributed by atoms with Crippen LogP contribution in [0.4, 0.5) is 5.82 Å². The van der Waals surface area contributed by atoms with Gasteiger partial charge in [-0.3, -0.25) is 9.78 Å². The number of hydrogen-bond acceptors (Lipinski definition) is 5. The number of pyridine rings is 1. The van der Waals surface area contributed by atoms with Crippen LogP contribution in [-0.2, 0) is 22.4 Å². The van der Waals surface area contributed by atoms with Crippen LogP contribution in [0.25, 0.3) is 10.9 Å². The van der Waals surface area contributed by atoms with E-state index < -0.39 is 18.0 Å². The summed E-state index contributed by atoms with van der Waals surface area (Å²) in [5.41, 5.74) is 3.23. The average Bonchev–Trinajstić information content (AvgIpc) is 3.20. The highest BCUT2D eigenvalue weighted by Gasteiger charge is 2.28. The Kier molecular flexibility index (Phi) is 5.76. The molecule has 0 saturated heterocycles. The molecule has 1 aliphatic carbocycles. The Morgan fingerprint density at radius 3 is 2.74 bits per heavy atom. The highest BCUT2D eigenvalue weighted by Crippen LogP contribution is 2.32.